The van der Waals surface area contributed by atoms with Crippen LogP contribution < -0.4 is 0 Å². The van der Waals surface area contributed by atoms with Crippen LogP contribution in [-0.2, 0) is 0 Å². The molecule has 3 heterocycles. The van der Waals surface area contributed by atoms with Crippen molar-refractivity contribution in [2.24, 2.45) is 0 Å². The second-order valence-corrected chi connectivity index (χ2v) is 10.5. The van der Waals surface area contributed by atoms with E-state index in [2.05, 4.69) is 22.4 Å². The Bertz CT molecular complexity index is 1420. The smallest absolute Gasteiger partial charge is 0.339 e. The minimum absolute atomic E-state index is 0.0564. The lowest BCUT2D eigenvalue weighted by Crippen LogP contribution is -2.41. The van der Waals surface area contributed by atoms with Crippen LogP contribution in [0.1, 0.15) is 60.5 Å². The van der Waals surface area contributed by atoms with Gasteiger partial charge in [0.25, 0.3) is 5.91 Å². The van der Waals surface area contributed by atoms with E-state index in [1.165, 1.54) is 11.1 Å². The number of amides is 2. The minimum Gasteiger partial charge on any atom is -0.339 e. The van der Waals surface area contributed by atoms with Crippen LogP contribution in [0, 0.1) is 0 Å². The minimum atomic E-state index is -0.141. The van der Waals surface area contributed by atoms with Crippen molar-refractivity contribution in [3.05, 3.63) is 96.2 Å². The lowest BCUT2D eigenvalue weighted by molar-refractivity contribution is 0.0724. The Hall–Kier alpha value is -4.26. The molecule has 39 heavy (non-hydrogen) atoms. The van der Waals surface area contributed by atoms with E-state index in [1.54, 1.807) is 6.20 Å². The average Bonchev–Trinajstić information content (AvgIpc) is 3.52. The molecule has 198 valence electrons. The number of piperidine rings is 2. The molecule has 0 radical (unpaired) electrons. The summed E-state index contributed by atoms with van der Waals surface area (Å²) in [6.07, 6.45) is 8.15. The summed E-state index contributed by atoms with van der Waals surface area (Å²) < 4.78 is 1.36. The van der Waals surface area contributed by atoms with Crippen molar-refractivity contribution < 1.29 is 9.59 Å². The van der Waals surface area contributed by atoms with Gasteiger partial charge in [0.15, 0.2) is 0 Å². The number of carbonyl (C=O) groups excluding carboxylic acids is 2. The quantitative estimate of drug-likeness (QED) is 0.311. The van der Waals surface area contributed by atoms with Crippen LogP contribution in [-0.4, -0.2) is 56.4 Å². The Labute approximate surface area is 229 Å². The van der Waals surface area contributed by atoms with E-state index < -0.39 is 0 Å². The van der Waals surface area contributed by atoms with E-state index >= 15 is 0 Å². The maximum Gasteiger partial charge on any atom is 0.346 e. The molecule has 1 aromatic heterocycles. The summed E-state index contributed by atoms with van der Waals surface area (Å²) in [6.45, 7) is 2.42. The summed E-state index contributed by atoms with van der Waals surface area (Å²) in [5.74, 6) is 0.119. The highest BCUT2D eigenvalue weighted by Gasteiger charge is 2.29. The number of hydrogen-bond acceptors (Lipinski definition) is 4. The van der Waals surface area contributed by atoms with Gasteiger partial charge in [-0.05, 0) is 67.3 Å². The number of rotatable bonds is 4. The van der Waals surface area contributed by atoms with Crippen molar-refractivity contribution in [2.75, 3.05) is 19.6 Å². The van der Waals surface area contributed by atoms with Gasteiger partial charge in [-0.15, -0.1) is 5.10 Å². The molecule has 1 atom stereocenters. The van der Waals surface area contributed by atoms with E-state index in [9.17, 15) is 9.59 Å². The fourth-order valence-corrected chi connectivity index (χ4v) is 5.72. The van der Waals surface area contributed by atoms with Crippen molar-refractivity contribution in [1.29, 1.82) is 0 Å². The molecule has 3 aromatic carbocycles. The molecule has 2 saturated heterocycles. The highest BCUT2D eigenvalue weighted by atomic mass is 16.2. The maximum absolute atomic E-state index is 13.4. The van der Waals surface area contributed by atoms with Gasteiger partial charge in [-0.25, -0.2) is 4.79 Å². The van der Waals surface area contributed by atoms with Crippen molar-refractivity contribution in [1.82, 2.24) is 24.8 Å². The van der Waals surface area contributed by atoms with Gasteiger partial charge in [-0.1, -0.05) is 71.9 Å². The first-order valence-electron chi connectivity index (χ1n) is 14.0. The predicted octanol–water partition coefficient (Wildman–Crippen LogP) is 6.43. The van der Waals surface area contributed by atoms with Crippen molar-refractivity contribution in [3.63, 3.8) is 0 Å². The van der Waals surface area contributed by atoms with E-state index in [-0.39, 0.29) is 18.0 Å². The Balaban J connectivity index is 1.15. The van der Waals surface area contributed by atoms with Gasteiger partial charge in [0.2, 0.25) is 0 Å². The fourth-order valence-electron chi connectivity index (χ4n) is 5.72. The van der Waals surface area contributed by atoms with Crippen molar-refractivity contribution in [3.8, 4) is 22.4 Å². The standard InChI is InChI=1S/C32H33N5O2/c38-31(35-20-6-2-7-21-35)28-18-14-25(15-19-28)24-12-16-26(17-13-24)29-23-37(34-33-29)32(39)36-22-8-5-11-30(36)27-9-3-1-4-10-27/h1,3-4,9-10,12-19,23,30H,2,5-8,11,20-22H2. The molecule has 0 saturated carbocycles. The molecule has 6 rings (SSSR count). The molecule has 0 bridgehead atoms. The van der Waals surface area contributed by atoms with Crippen LogP contribution in [0.25, 0.3) is 22.4 Å². The first-order chi connectivity index (χ1) is 19.2. The summed E-state index contributed by atoms with van der Waals surface area (Å²) >= 11 is 0. The lowest BCUT2D eigenvalue weighted by Gasteiger charge is -2.35. The second kappa shape index (κ2) is 11.2. The molecule has 2 aliphatic heterocycles. The van der Waals surface area contributed by atoms with Crippen molar-refractivity contribution >= 4 is 11.9 Å². The van der Waals surface area contributed by atoms with E-state index in [1.807, 2.05) is 76.5 Å². The molecule has 1 unspecified atom stereocenters. The predicted molar refractivity (Wildman–Crippen MR) is 151 cm³/mol. The molecule has 4 aromatic rings. The third-order valence-electron chi connectivity index (χ3n) is 7.91. The zero-order valence-corrected chi connectivity index (χ0v) is 22.1. The summed E-state index contributed by atoms with van der Waals surface area (Å²) in [7, 11) is 0. The topological polar surface area (TPSA) is 71.3 Å². The zero-order valence-electron chi connectivity index (χ0n) is 22.1. The van der Waals surface area contributed by atoms with Gasteiger partial charge in [-0.2, -0.15) is 4.68 Å². The second-order valence-electron chi connectivity index (χ2n) is 10.5. The van der Waals surface area contributed by atoms with E-state index in [0.29, 0.717) is 12.2 Å². The summed E-state index contributed by atoms with van der Waals surface area (Å²) in [4.78, 5) is 30.1. The average molecular weight is 520 g/mol. The largest absolute Gasteiger partial charge is 0.346 e. The van der Waals surface area contributed by atoms with E-state index in [4.69, 9.17) is 0 Å². The van der Waals surface area contributed by atoms with Crippen LogP contribution in [0.2, 0.25) is 0 Å². The summed E-state index contributed by atoms with van der Waals surface area (Å²) in [5.41, 5.74) is 5.55. The molecule has 7 heteroatoms. The number of nitrogens with zero attached hydrogens (tertiary/aromatic N) is 5. The number of aromatic nitrogens is 3. The molecule has 2 fully saturated rings. The molecule has 2 amide bonds. The van der Waals surface area contributed by atoms with Gasteiger partial charge in [0, 0.05) is 30.8 Å². The maximum atomic E-state index is 13.4. The summed E-state index contributed by atoms with van der Waals surface area (Å²) in [6, 6.07) is 26.0. The molecular formula is C32H33N5O2. The molecule has 0 aliphatic carbocycles. The highest BCUT2D eigenvalue weighted by molar-refractivity contribution is 5.94. The molecule has 0 spiro atoms. The first kappa shape index (κ1) is 25.0. The third-order valence-corrected chi connectivity index (χ3v) is 7.91. The number of benzene rings is 3. The van der Waals surface area contributed by atoms with Crippen LogP contribution in [0.15, 0.2) is 85.1 Å². The molecule has 2 aliphatic rings. The van der Waals surface area contributed by atoms with Crippen LogP contribution >= 0.6 is 0 Å². The normalized spacial score (nSPS) is 17.7. The third kappa shape index (κ3) is 5.35. The van der Waals surface area contributed by atoms with E-state index in [0.717, 1.165) is 73.0 Å². The van der Waals surface area contributed by atoms with Gasteiger partial charge in [0.1, 0.15) is 5.69 Å². The number of likely N-dealkylation sites (tertiary alicyclic amines) is 2. The number of hydrogen-bond donors (Lipinski definition) is 0. The van der Waals surface area contributed by atoms with Gasteiger partial charge in [-0.3, -0.25) is 4.79 Å². The van der Waals surface area contributed by atoms with Crippen LogP contribution in [0.3, 0.4) is 0 Å². The van der Waals surface area contributed by atoms with Crippen molar-refractivity contribution in [2.45, 2.75) is 44.6 Å². The van der Waals surface area contributed by atoms with Crippen LogP contribution in [0.4, 0.5) is 4.79 Å². The Morgan fingerprint density at radius 1 is 0.692 bits per heavy atom. The highest BCUT2D eigenvalue weighted by Crippen LogP contribution is 2.31. The fraction of sp³-hybridized carbons (Fsp3) is 0.312. The Morgan fingerprint density at radius 2 is 1.33 bits per heavy atom. The SMILES string of the molecule is O=C(c1ccc(-c2ccc(-c3cn(C(=O)N4CCCCC4c4ccccc4)nn3)cc2)cc1)N1CCCCC1. The van der Waals surface area contributed by atoms with Gasteiger partial charge >= 0.3 is 6.03 Å². The Kier molecular flexibility index (Phi) is 7.21. The zero-order chi connectivity index (χ0) is 26.6. The molecule has 7 nitrogen and oxygen atoms in total. The first-order valence-corrected chi connectivity index (χ1v) is 14.0. The Morgan fingerprint density at radius 3 is 2.05 bits per heavy atom. The number of carbonyl (C=O) groups is 2. The summed E-state index contributed by atoms with van der Waals surface area (Å²) in [5, 5.41) is 8.48. The van der Waals surface area contributed by atoms with Gasteiger partial charge in [0.05, 0.1) is 12.2 Å². The van der Waals surface area contributed by atoms with Gasteiger partial charge < -0.3 is 9.80 Å². The lowest BCUT2D eigenvalue weighted by atomic mass is 9.96. The van der Waals surface area contributed by atoms with Crippen LogP contribution in [0.5, 0.6) is 0 Å². The molecule has 0 N–H and O–H groups in total. The molecular weight excluding hydrogens is 486 g/mol. The monoisotopic (exact) mass is 519 g/mol.